The lowest BCUT2D eigenvalue weighted by Crippen LogP contribution is -2.09. The molecule has 0 fully saturated rings. The summed E-state index contributed by atoms with van der Waals surface area (Å²) in [5.74, 6) is 0.144. The van der Waals surface area contributed by atoms with Gasteiger partial charge in [-0.2, -0.15) is 0 Å². The first-order chi connectivity index (χ1) is 11.5. The Kier molecular flexibility index (Phi) is 4.35. The number of aliphatic hydroxyl groups excluding tert-OH is 1. The maximum atomic E-state index is 13.0. The number of hydrogen-bond donors (Lipinski definition) is 1. The molecule has 1 atom stereocenters. The molecule has 24 heavy (non-hydrogen) atoms. The zero-order valence-electron chi connectivity index (χ0n) is 12.5. The third-order valence-corrected chi connectivity index (χ3v) is 3.66. The van der Waals surface area contributed by atoms with E-state index < -0.39 is 11.0 Å². The Labute approximate surface area is 137 Å². The number of nitrogens with zero attached hydrogens (tertiary/aromatic N) is 3. The fourth-order valence-corrected chi connectivity index (χ4v) is 2.45. The third kappa shape index (κ3) is 3.31. The van der Waals surface area contributed by atoms with Gasteiger partial charge in [0.1, 0.15) is 11.6 Å². The second-order valence-electron chi connectivity index (χ2n) is 5.28. The molecule has 0 radical (unpaired) electrons. The van der Waals surface area contributed by atoms with Gasteiger partial charge in [0.25, 0.3) is 5.69 Å². The molecule has 0 saturated heterocycles. The van der Waals surface area contributed by atoms with E-state index in [1.807, 2.05) is 0 Å². The van der Waals surface area contributed by atoms with Gasteiger partial charge < -0.3 is 9.67 Å². The van der Waals surface area contributed by atoms with Gasteiger partial charge in [-0.15, -0.1) is 0 Å². The largest absolute Gasteiger partial charge is 0.387 e. The Morgan fingerprint density at radius 2 is 2.00 bits per heavy atom. The maximum Gasteiger partial charge on any atom is 0.270 e. The average Bonchev–Trinajstić information content (AvgIpc) is 3.03. The van der Waals surface area contributed by atoms with Crippen LogP contribution in [0.1, 0.15) is 11.7 Å². The van der Waals surface area contributed by atoms with Crippen LogP contribution in [0.3, 0.4) is 0 Å². The monoisotopic (exact) mass is 327 g/mol. The third-order valence-electron chi connectivity index (χ3n) is 3.66. The van der Waals surface area contributed by atoms with Crippen molar-refractivity contribution in [2.24, 2.45) is 0 Å². The van der Waals surface area contributed by atoms with E-state index in [0.29, 0.717) is 17.0 Å². The minimum atomic E-state index is -0.850. The average molecular weight is 327 g/mol. The van der Waals surface area contributed by atoms with Gasteiger partial charge in [0.05, 0.1) is 17.6 Å². The summed E-state index contributed by atoms with van der Waals surface area (Å²) >= 11 is 0. The van der Waals surface area contributed by atoms with Gasteiger partial charge in [-0.25, -0.2) is 9.37 Å². The van der Waals surface area contributed by atoms with Crippen molar-refractivity contribution < 1.29 is 14.4 Å². The van der Waals surface area contributed by atoms with Crippen LogP contribution in [-0.2, 0) is 6.54 Å². The van der Waals surface area contributed by atoms with Crippen molar-refractivity contribution in [2.45, 2.75) is 12.6 Å². The molecule has 6 nitrogen and oxygen atoms in total. The number of aliphatic hydroxyl groups is 1. The summed E-state index contributed by atoms with van der Waals surface area (Å²) in [7, 11) is 0. The maximum absolute atomic E-state index is 13.0. The molecular formula is C17H14FN3O3. The summed E-state index contributed by atoms with van der Waals surface area (Å²) in [6.07, 6.45) is 2.39. The molecule has 122 valence electrons. The van der Waals surface area contributed by atoms with Crippen LogP contribution in [0.15, 0.2) is 60.9 Å². The Bertz CT molecular complexity index is 862. The van der Waals surface area contributed by atoms with Crippen LogP contribution in [-0.4, -0.2) is 19.6 Å². The standard InChI is InChI=1S/C17H14FN3O3/c18-14-6-4-12(5-7-14)16(22)11-20-9-8-19-17(20)13-2-1-3-15(10-13)21(23)24/h1-10,16,22H,11H2. The fourth-order valence-electron chi connectivity index (χ4n) is 2.45. The van der Waals surface area contributed by atoms with Gasteiger partial charge >= 0.3 is 0 Å². The molecule has 0 amide bonds. The number of aromatic nitrogens is 2. The minimum Gasteiger partial charge on any atom is -0.387 e. The van der Waals surface area contributed by atoms with E-state index in [1.165, 1.54) is 36.4 Å². The molecule has 1 aromatic heterocycles. The van der Waals surface area contributed by atoms with Gasteiger partial charge in [-0.1, -0.05) is 24.3 Å². The fraction of sp³-hybridized carbons (Fsp3) is 0.118. The van der Waals surface area contributed by atoms with Crippen molar-refractivity contribution in [3.8, 4) is 11.4 Å². The summed E-state index contributed by atoms with van der Waals surface area (Å²) < 4.78 is 14.7. The Morgan fingerprint density at radius 1 is 1.25 bits per heavy atom. The molecule has 0 aliphatic carbocycles. The Hall–Kier alpha value is -3.06. The molecule has 1 N–H and O–H groups in total. The second kappa shape index (κ2) is 6.59. The van der Waals surface area contributed by atoms with Gasteiger partial charge in [0.2, 0.25) is 0 Å². The minimum absolute atomic E-state index is 0.0267. The van der Waals surface area contributed by atoms with Crippen LogP contribution in [0.4, 0.5) is 10.1 Å². The number of halogens is 1. The van der Waals surface area contributed by atoms with Crippen LogP contribution in [0.5, 0.6) is 0 Å². The highest BCUT2D eigenvalue weighted by Gasteiger charge is 2.14. The van der Waals surface area contributed by atoms with Gasteiger partial charge in [0, 0.05) is 30.1 Å². The Morgan fingerprint density at radius 3 is 2.71 bits per heavy atom. The molecule has 0 aliphatic heterocycles. The van der Waals surface area contributed by atoms with E-state index in [0.717, 1.165) is 0 Å². The second-order valence-corrected chi connectivity index (χ2v) is 5.28. The topological polar surface area (TPSA) is 81.2 Å². The summed E-state index contributed by atoms with van der Waals surface area (Å²) in [4.78, 5) is 14.7. The number of hydrogen-bond acceptors (Lipinski definition) is 4. The van der Waals surface area contributed by atoms with Crippen LogP contribution < -0.4 is 0 Å². The summed E-state index contributed by atoms with van der Waals surface area (Å²) in [6, 6.07) is 11.8. The van der Waals surface area contributed by atoms with E-state index in [9.17, 15) is 19.6 Å². The molecule has 3 rings (SSSR count). The summed E-state index contributed by atoms with van der Waals surface area (Å²) in [6.45, 7) is 0.198. The van der Waals surface area contributed by atoms with Crippen molar-refractivity contribution in [2.75, 3.05) is 0 Å². The lowest BCUT2D eigenvalue weighted by Gasteiger charge is -2.14. The van der Waals surface area contributed by atoms with Crippen LogP contribution in [0.25, 0.3) is 11.4 Å². The van der Waals surface area contributed by atoms with E-state index in [1.54, 1.807) is 29.1 Å². The van der Waals surface area contributed by atoms with Crippen molar-refractivity contribution in [3.63, 3.8) is 0 Å². The highest BCUT2D eigenvalue weighted by atomic mass is 19.1. The van der Waals surface area contributed by atoms with Crippen LogP contribution in [0, 0.1) is 15.9 Å². The molecule has 0 aliphatic rings. The molecule has 0 spiro atoms. The number of nitro groups is 1. The molecule has 2 aromatic carbocycles. The highest BCUT2D eigenvalue weighted by molar-refractivity contribution is 5.59. The lowest BCUT2D eigenvalue weighted by atomic mass is 10.1. The SMILES string of the molecule is O=[N+]([O-])c1cccc(-c2nccn2CC(O)c2ccc(F)cc2)c1. The number of imidazole rings is 1. The molecule has 0 saturated carbocycles. The zero-order chi connectivity index (χ0) is 17.1. The highest BCUT2D eigenvalue weighted by Crippen LogP contribution is 2.24. The van der Waals surface area contributed by atoms with Gasteiger partial charge in [0.15, 0.2) is 0 Å². The van der Waals surface area contributed by atoms with Crippen molar-refractivity contribution in [1.82, 2.24) is 9.55 Å². The van der Waals surface area contributed by atoms with Crippen LogP contribution >= 0.6 is 0 Å². The van der Waals surface area contributed by atoms with Crippen molar-refractivity contribution >= 4 is 5.69 Å². The van der Waals surface area contributed by atoms with E-state index in [4.69, 9.17) is 0 Å². The van der Waals surface area contributed by atoms with Crippen molar-refractivity contribution in [1.29, 1.82) is 0 Å². The smallest absolute Gasteiger partial charge is 0.270 e. The number of benzene rings is 2. The zero-order valence-corrected chi connectivity index (χ0v) is 12.5. The normalized spacial score (nSPS) is 12.1. The van der Waals surface area contributed by atoms with Crippen LogP contribution in [0.2, 0.25) is 0 Å². The summed E-state index contributed by atoms with van der Waals surface area (Å²) in [5.41, 5.74) is 1.14. The number of non-ortho nitro benzene ring substituents is 1. The van der Waals surface area contributed by atoms with Gasteiger partial charge in [-0.05, 0) is 17.7 Å². The molecule has 1 heterocycles. The summed E-state index contributed by atoms with van der Waals surface area (Å²) in [5, 5.41) is 21.2. The predicted octanol–water partition coefficient (Wildman–Crippen LogP) is 3.33. The first kappa shape index (κ1) is 15.8. The quantitative estimate of drug-likeness (QED) is 0.576. The molecule has 7 heteroatoms. The van der Waals surface area contributed by atoms with E-state index >= 15 is 0 Å². The molecule has 3 aromatic rings. The number of rotatable bonds is 5. The molecule has 1 unspecified atom stereocenters. The molecular weight excluding hydrogens is 313 g/mol. The van der Waals surface area contributed by atoms with E-state index in [2.05, 4.69) is 4.98 Å². The predicted molar refractivity (Wildman–Crippen MR) is 85.7 cm³/mol. The first-order valence-corrected chi connectivity index (χ1v) is 7.24. The number of nitro benzene ring substituents is 1. The molecule has 0 bridgehead atoms. The Balaban J connectivity index is 1.86. The first-order valence-electron chi connectivity index (χ1n) is 7.24. The van der Waals surface area contributed by atoms with Crippen molar-refractivity contribution in [3.05, 3.63) is 82.4 Å². The van der Waals surface area contributed by atoms with E-state index in [-0.39, 0.29) is 18.0 Å². The lowest BCUT2D eigenvalue weighted by molar-refractivity contribution is -0.384. The van der Waals surface area contributed by atoms with Gasteiger partial charge in [-0.3, -0.25) is 10.1 Å².